The van der Waals surface area contributed by atoms with Crippen molar-refractivity contribution in [2.75, 3.05) is 39.5 Å². The molecule has 0 unspecified atom stereocenters. The molecule has 0 spiro atoms. The molecule has 2 bridgehead atoms. The highest BCUT2D eigenvalue weighted by molar-refractivity contribution is 5.09. The van der Waals surface area contributed by atoms with Crippen LogP contribution in [-0.4, -0.2) is 71.9 Å². The Hall–Kier alpha value is -0.200. The predicted molar refractivity (Wildman–Crippen MR) is 85.6 cm³/mol. The van der Waals surface area contributed by atoms with Crippen molar-refractivity contribution in [2.45, 2.75) is 52.2 Å². The van der Waals surface area contributed by atoms with Crippen LogP contribution in [-0.2, 0) is 4.74 Å². The lowest BCUT2D eigenvalue weighted by Crippen LogP contribution is -2.45. The standard InChI is InChI=1S/C17H33NO4/c1-16(2)13-4-5-17(3,10-13)15(16)22-12-14(21)11-18(6-8-19)7-9-20/h13-15,19-21H,4-12H2,1-3H3/t13-,14+,15+,17-/m0/s1. The fourth-order valence-electron chi connectivity index (χ4n) is 4.81. The fraction of sp³-hybridized carbons (Fsp3) is 1.00. The van der Waals surface area contributed by atoms with Crippen LogP contribution in [0, 0.1) is 16.7 Å². The van der Waals surface area contributed by atoms with E-state index in [-0.39, 0.29) is 30.1 Å². The van der Waals surface area contributed by atoms with E-state index in [1.807, 2.05) is 4.90 Å². The topological polar surface area (TPSA) is 73.2 Å². The van der Waals surface area contributed by atoms with Gasteiger partial charge in [0.1, 0.15) is 0 Å². The quantitative estimate of drug-likeness (QED) is 0.589. The molecule has 5 nitrogen and oxygen atoms in total. The normalized spacial score (nSPS) is 34.5. The number of aliphatic hydroxyl groups excluding tert-OH is 3. The molecular weight excluding hydrogens is 282 g/mol. The summed E-state index contributed by atoms with van der Waals surface area (Å²) in [6.07, 6.45) is 3.38. The van der Waals surface area contributed by atoms with Gasteiger partial charge in [-0.05, 0) is 36.0 Å². The first-order valence-corrected chi connectivity index (χ1v) is 8.57. The SMILES string of the molecule is CC1(C)[C@H]2CC[C@@](C)(C2)[C@@H]1OC[C@H](O)CN(CCO)CCO. The Bertz CT molecular complexity index is 352. The van der Waals surface area contributed by atoms with Crippen molar-refractivity contribution in [3.8, 4) is 0 Å². The maximum atomic E-state index is 10.2. The molecule has 5 heteroatoms. The Morgan fingerprint density at radius 3 is 2.32 bits per heavy atom. The third kappa shape index (κ3) is 3.65. The molecule has 0 amide bonds. The molecule has 0 aromatic carbocycles. The van der Waals surface area contributed by atoms with E-state index in [1.54, 1.807) is 0 Å². The summed E-state index contributed by atoms with van der Waals surface area (Å²) < 4.78 is 6.17. The Morgan fingerprint density at radius 1 is 1.18 bits per heavy atom. The zero-order chi connectivity index (χ0) is 16.4. The van der Waals surface area contributed by atoms with Gasteiger partial charge in [-0.1, -0.05) is 20.8 Å². The van der Waals surface area contributed by atoms with Gasteiger partial charge < -0.3 is 20.1 Å². The maximum absolute atomic E-state index is 10.2. The molecule has 4 atom stereocenters. The number of aliphatic hydroxyl groups is 3. The summed E-state index contributed by atoms with van der Waals surface area (Å²) in [6.45, 7) is 8.65. The number of ether oxygens (including phenoxy) is 1. The summed E-state index contributed by atoms with van der Waals surface area (Å²) in [7, 11) is 0. The van der Waals surface area contributed by atoms with Crippen LogP contribution < -0.4 is 0 Å². The maximum Gasteiger partial charge on any atom is 0.0900 e. The molecule has 0 aliphatic heterocycles. The first-order valence-electron chi connectivity index (χ1n) is 8.57. The van der Waals surface area contributed by atoms with Gasteiger partial charge in [0.2, 0.25) is 0 Å². The van der Waals surface area contributed by atoms with E-state index in [1.165, 1.54) is 19.3 Å². The zero-order valence-corrected chi connectivity index (χ0v) is 14.3. The summed E-state index contributed by atoms with van der Waals surface area (Å²) >= 11 is 0. The van der Waals surface area contributed by atoms with Gasteiger partial charge in [0.25, 0.3) is 0 Å². The molecule has 0 radical (unpaired) electrons. The molecule has 22 heavy (non-hydrogen) atoms. The first kappa shape index (κ1) is 18.1. The van der Waals surface area contributed by atoms with E-state index >= 15 is 0 Å². The van der Waals surface area contributed by atoms with Crippen molar-refractivity contribution in [3.63, 3.8) is 0 Å². The van der Waals surface area contributed by atoms with Crippen LogP contribution in [0.1, 0.15) is 40.0 Å². The van der Waals surface area contributed by atoms with Crippen LogP contribution >= 0.6 is 0 Å². The molecule has 0 aromatic rings. The number of nitrogens with zero attached hydrogens (tertiary/aromatic N) is 1. The summed E-state index contributed by atoms with van der Waals surface area (Å²) in [6, 6.07) is 0. The summed E-state index contributed by atoms with van der Waals surface area (Å²) in [5.41, 5.74) is 0.437. The van der Waals surface area contributed by atoms with E-state index in [0.717, 1.165) is 5.92 Å². The predicted octanol–water partition coefficient (Wildman–Crippen LogP) is 0.865. The molecule has 2 saturated carbocycles. The second kappa shape index (κ2) is 7.14. The van der Waals surface area contributed by atoms with Crippen LogP contribution in [0.25, 0.3) is 0 Å². The van der Waals surface area contributed by atoms with Crippen molar-refractivity contribution < 1.29 is 20.1 Å². The van der Waals surface area contributed by atoms with E-state index in [0.29, 0.717) is 26.2 Å². The number of fused-ring (bicyclic) bond motifs is 2. The Kier molecular flexibility index (Phi) is 5.89. The van der Waals surface area contributed by atoms with Gasteiger partial charge in [0.05, 0.1) is 32.0 Å². The lowest BCUT2D eigenvalue weighted by molar-refractivity contribution is -0.113. The average molecular weight is 315 g/mol. The molecule has 0 heterocycles. The third-order valence-corrected chi connectivity index (χ3v) is 5.89. The van der Waals surface area contributed by atoms with Crippen LogP contribution in [0.15, 0.2) is 0 Å². The van der Waals surface area contributed by atoms with Gasteiger partial charge >= 0.3 is 0 Å². The van der Waals surface area contributed by atoms with Crippen LogP contribution in [0.4, 0.5) is 0 Å². The minimum absolute atomic E-state index is 0.0307. The minimum Gasteiger partial charge on any atom is -0.395 e. The van der Waals surface area contributed by atoms with E-state index < -0.39 is 6.10 Å². The van der Waals surface area contributed by atoms with Gasteiger partial charge in [-0.2, -0.15) is 0 Å². The number of rotatable bonds is 9. The van der Waals surface area contributed by atoms with Crippen molar-refractivity contribution in [3.05, 3.63) is 0 Å². The average Bonchev–Trinajstić information content (AvgIpc) is 2.90. The Balaban J connectivity index is 1.84. The molecule has 0 saturated heterocycles. The van der Waals surface area contributed by atoms with Gasteiger partial charge in [0.15, 0.2) is 0 Å². The molecule has 0 aromatic heterocycles. The van der Waals surface area contributed by atoms with Crippen molar-refractivity contribution >= 4 is 0 Å². The van der Waals surface area contributed by atoms with Crippen LogP contribution in [0.5, 0.6) is 0 Å². The molecule has 2 rings (SSSR count). The second-order valence-corrected chi connectivity index (χ2v) is 8.03. The largest absolute Gasteiger partial charge is 0.395 e. The summed E-state index contributed by atoms with van der Waals surface area (Å²) in [4.78, 5) is 1.86. The van der Waals surface area contributed by atoms with Gasteiger partial charge in [0, 0.05) is 19.6 Å². The van der Waals surface area contributed by atoms with Crippen molar-refractivity contribution in [1.29, 1.82) is 0 Å². The lowest BCUT2D eigenvalue weighted by atomic mass is 9.70. The van der Waals surface area contributed by atoms with E-state index in [4.69, 9.17) is 14.9 Å². The lowest BCUT2D eigenvalue weighted by Gasteiger charge is -2.42. The molecule has 2 aliphatic rings. The highest BCUT2D eigenvalue weighted by Crippen LogP contribution is 2.63. The summed E-state index contributed by atoms with van der Waals surface area (Å²) in [5.74, 6) is 0.736. The molecule has 130 valence electrons. The molecular formula is C17H33NO4. The molecule has 3 N–H and O–H groups in total. The molecule has 2 aliphatic carbocycles. The first-order chi connectivity index (χ1) is 10.3. The van der Waals surface area contributed by atoms with E-state index in [2.05, 4.69) is 20.8 Å². The van der Waals surface area contributed by atoms with Gasteiger partial charge in [-0.3, -0.25) is 4.90 Å². The van der Waals surface area contributed by atoms with Crippen LogP contribution in [0.3, 0.4) is 0 Å². The van der Waals surface area contributed by atoms with Crippen molar-refractivity contribution in [1.82, 2.24) is 4.90 Å². The van der Waals surface area contributed by atoms with Crippen molar-refractivity contribution in [2.24, 2.45) is 16.7 Å². The highest BCUT2D eigenvalue weighted by atomic mass is 16.5. The van der Waals surface area contributed by atoms with Gasteiger partial charge in [-0.15, -0.1) is 0 Å². The number of hydrogen-bond donors (Lipinski definition) is 3. The summed E-state index contributed by atoms with van der Waals surface area (Å²) in [5, 5.41) is 28.3. The zero-order valence-electron chi connectivity index (χ0n) is 14.3. The third-order valence-electron chi connectivity index (χ3n) is 5.89. The fourth-order valence-corrected chi connectivity index (χ4v) is 4.81. The van der Waals surface area contributed by atoms with Gasteiger partial charge in [-0.25, -0.2) is 0 Å². The Morgan fingerprint density at radius 2 is 1.82 bits per heavy atom. The second-order valence-electron chi connectivity index (χ2n) is 8.03. The van der Waals surface area contributed by atoms with Crippen LogP contribution in [0.2, 0.25) is 0 Å². The van der Waals surface area contributed by atoms with E-state index in [9.17, 15) is 5.11 Å². The number of hydrogen-bond acceptors (Lipinski definition) is 5. The minimum atomic E-state index is -0.586. The monoisotopic (exact) mass is 315 g/mol. The smallest absolute Gasteiger partial charge is 0.0900 e. The molecule has 2 fully saturated rings. The Labute approximate surface area is 134 Å². The highest BCUT2D eigenvalue weighted by Gasteiger charge is 2.60.